The van der Waals surface area contributed by atoms with Crippen molar-refractivity contribution in [3.05, 3.63) is 29.6 Å². The smallest absolute Gasteiger partial charge is 0.0447 e. The molecule has 1 aromatic heterocycles. The van der Waals surface area contributed by atoms with E-state index in [9.17, 15) is 0 Å². The summed E-state index contributed by atoms with van der Waals surface area (Å²) in [7, 11) is 0. The van der Waals surface area contributed by atoms with Crippen molar-refractivity contribution in [1.29, 1.82) is 0 Å². The van der Waals surface area contributed by atoms with Gasteiger partial charge in [0.2, 0.25) is 0 Å². The maximum atomic E-state index is 6.03. The molecule has 0 radical (unpaired) electrons. The topological polar surface area (TPSA) is 12.9 Å². The third-order valence-corrected chi connectivity index (χ3v) is 2.44. The van der Waals surface area contributed by atoms with Gasteiger partial charge in [0.05, 0.1) is 0 Å². The van der Waals surface area contributed by atoms with Gasteiger partial charge in [-0.3, -0.25) is 4.98 Å². The minimum absolute atomic E-state index is 0.221. The second-order valence-electron chi connectivity index (χ2n) is 2.98. The van der Waals surface area contributed by atoms with Crippen molar-refractivity contribution in [2.75, 3.05) is 0 Å². The van der Waals surface area contributed by atoms with E-state index in [4.69, 9.17) is 11.6 Å². The van der Waals surface area contributed by atoms with E-state index in [1.54, 1.807) is 0 Å². The first kappa shape index (κ1) is 9.53. The van der Waals surface area contributed by atoms with Crippen LogP contribution in [0.4, 0.5) is 0 Å². The van der Waals surface area contributed by atoms with Crippen LogP contribution >= 0.6 is 11.6 Å². The van der Waals surface area contributed by atoms with Crippen molar-refractivity contribution in [2.45, 2.75) is 32.1 Å². The molecule has 1 rings (SSSR count). The Morgan fingerprint density at radius 1 is 1.58 bits per heavy atom. The molecule has 0 aliphatic rings. The molecule has 1 nitrogen and oxygen atoms in total. The summed E-state index contributed by atoms with van der Waals surface area (Å²) in [5, 5.41) is 0.221. The summed E-state index contributed by atoms with van der Waals surface area (Å²) in [5.74, 6) is 0. The molecule has 2 heteroatoms. The van der Waals surface area contributed by atoms with Gasteiger partial charge in [-0.1, -0.05) is 13.0 Å². The molecular weight excluding hydrogens is 170 g/mol. The number of hydrogen-bond donors (Lipinski definition) is 0. The van der Waals surface area contributed by atoms with E-state index in [1.807, 2.05) is 12.3 Å². The number of hydrogen-bond acceptors (Lipinski definition) is 1. The number of aryl methyl sites for hydroxylation is 1. The van der Waals surface area contributed by atoms with Crippen LogP contribution in [0, 0.1) is 6.92 Å². The summed E-state index contributed by atoms with van der Waals surface area (Å²) in [4.78, 5) is 4.28. The van der Waals surface area contributed by atoms with Gasteiger partial charge in [0.25, 0.3) is 0 Å². The molecule has 0 spiro atoms. The maximum Gasteiger partial charge on any atom is 0.0447 e. The van der Waals surface area contributed by atoms with E-state index < -0.39 is 0 Å². The zero-order chi connectivity index (χ0) is 8.97. The van der Waals surface area contributed by atoms with Crippen molar-refractivity contribution >= 4 is 11.6 Å². The SMILES string of the molecule is CCC(Cl)Cc1ncccc1C. The van der Waals surface area contributed by atoms with Crippen LogP contribution in [-0.4, -0.2) is 10.4 Å². The first-order valence-corrected chi connectivity index (χ1v) is 4.72. The van der Waals surface area contributed by atoms with Crippen LogP contribution in [0.1, 0.15) is 24.6 Å². The monoisotopic (exact) mass is 183 g/mol. The van der Waals surface area contributed by atoms with Crippen LogP contribution in [0.5, 0.6) is 0 Å². The zero-order valence-electron chi connectivity index (χ0n) is 7.55. The number of aromatic nitrogens is 1. The Bertz CT molecular complexity index is 247. The molecule has 12 heavy (non-hydrogen) atoms. The fourth-order valence-electron chi connectivity index (χ4n) is 1.09. The molecule has 0 aliphatic carbocycles. The van der Waals surface area contributed by atoms with Gasteiger partial charge in [0.1, 0.15) is 0 Å². The molecule has 0 amide bonds. The highest BCUT2D eigenvalue weighted by atomic mass is 35.5. The summed E-state index contributed by atoms with van der Waals surface area (Å²) in [6, 6.07) is 4.02. The fourth-order valence-corrected chi connectivity index (χ4v) is 1.23. The lowest BCUT2D eigenvalue weighted by molar-refractivity contribution is 0.781. The van der Waals surface area contributed by atoms with Gasteiger partial charge < -0.3 is 0 Å². The van der Waals surface area contributed by atoms with Gasteiger partial charge in [0.15, 0.2) is 0 Å². The molecule has 66 valence electrons. The standard InChI is InChI=1S/C10H14ClN/c1-3-9(11)7-10-8(2)5-4-6-12-10/h4-6,9H,3,7H2,1-2H3. The Hall–Kier alpha value is -0.560. The van der Waals surface area contributed by atoms with Gasteiger partial charge in [-0.25, -0.2) is 0 Å². The average molecular weight is 184 g/mol. The van der Waals surface area contributed by atoms with Crippen LogP contribution in [0.15, 0.2) is 18.3 Å². The third kappa shape index (κ3) is 2.49. The summed E-state index contributed by atoms with van der Waals surface area (Å²) in [6.07, 6.45) is 3.70. The summed E-state index contributed by atoms with van der Waals surface area (Å²) >= 11 is 6.03. The fraction of sp³-hybridized carbons (Fsp3) is 0.500. The molecule has 1 atom stereocenters. The van der Waals surface area contributed by atoms with E-state index in [2.05, 4.69) is 24.9 Å². The molecule has 1 aromatic rings. The van der Waals surface area contributed by atoms with Crippen LogP contribution in [0.2, 0.25) is 0 Å². The Kier molecular flexibility index (Phi) is 3.54. The Labute approximate surface area is 78.8 Å². The number of alkyl halides is 1. The molecule has 0 saturated heterocycles. The lowest BCUT2D eigenvalue weighted by Gasteiger charge is -2.07. The normalized spacial score (nSPS) is 12.9. The second-order valence-corrected chi connectivity index (χ2v) is 3.59. The minimum atomic E-state index is 0.221. The van der Waals surface area contributed by atoms with Gasteiger partial charge in [-0.05, 0) is 25.0 Å². The quantitative estimate of drug-likeness (QED) is 0.657. The van der Waals surface area contributed by atoms with E-state index in [1.165, 1.54) is 5.56 Å². The Morgan fingerprint density at radius 2 is 2.33 bits per heavy atom. The summed E-state index contributed by atoms with van der Waals surface area (Å²) in [5.41, 5.74) is 2.36. The van der Waals surface area contributed by atoms with Crippen molar-refractivity contribution < 1.29 is 0 Å². The second kappa shape index (κ2) is 4.46. The maximum absolute atomic E-state index is 6.03. The predicted octanol–water partition coefficient (Wildman–Crippen LogP) is 2.95. The highest BCUT2D eigenvalue weighted by molar-refractivity contribution is 6.20. The first-order valence-electron chi connectivity index (χ1n) is 4.28. The van der Waals surface area contributed by atoms with Gasteiger partial charge in [0, 0.05) is 23.7 Å². The molecule has 0 saturated carbocycles. The molecule has 0 bridgehead atoms. The van der Waals surface area contributed by atoms with E-state index in [0.717, 1.165) is 18.5 Å². The Balaban J connectivity index is 2.69. The van der Waals surface area contributed by atoms with Crippen molar-refractivity contribution in [1.82, 2.24) is 4.98 Å². The van der Waals surface area contributed by atoms with Crippen molar-refractivity contribution in [3.63, 3.8) is 0 Å². The molecular formula is C10H14ClN. The van der Waals surface area contributed by atoms with E-state index >= 15 is 0 Å². The van der Waals surface area contributed by atoms with Crippen LogP contribution in [0.25, 0.3) is 0 Å². The zero-order valence-corrected chi connectivity index (χ0v) is 8.30. The van der Waals surface area contributed by atoms with Crippen molar-refractivity contribution in [3.8, 4) is 0 Å². The van der Waals surface area contributed by atoms with Crippen LogP contribution < -0.4 is 0 Å². The third-order valence-electron chi connectivity index (χ3n) is 1.98. The number of nitrogens with zero attached hydrogens (tertiary/aromatic N) is 1. The molecule has 0 N–H and O–H groups in total. The van der Waals surface area contributed by atoms with Gasteiger partial charge >= 0.3 is 0 Å². The Morgan fingerprint density at radius 3 is 2.92 bits per heavy atom. The number of pyridine rings is 1. The highest BCUT2D eigenvalue weighted by Crippen LogP contribution is 2.11. The van der Waals surface area contributed by atoms with Crippen molar-refractivity contribution in [2.24, 2.45) is 0 Å². The minimum Gasteiger partial charge on any atom is -0.261 e. The molecule has 0 aliphatic heterocycles. The summed E-state index contributed by atoms with van der Waals surface area (Å²) in [6.45, 7) is 4.16. The summed E-state index contributed by atoms with van der Waals surface area (Å²) < 4.78 is 0. The lowest BCUT2D eigenvalue weighted by atomic mass is 10.1. The number of halogens is 1. The first-order chi connectivity index (χ1) is 5.74. The predicted molar refractivity (Wildman–Crippen MR) is 52.6 cm³/mol. The number of rotatable bonds is 3. The largest absolute Gasteiger partial charge is 0.261 e. The average Bonchev–Trinajstić information content (AvgIpc) is 2.09. The van der Waals surface area contributed by atoms with Crippen LogP contribution in [-0.2, 0) is 6.42 Å². The van der Waals surface area contributed by atoms with Crippen LogP contribution in [0.3, 0.4) is 0 Å². The highest BCUT2D eigenvalue weighted by Gasteiger charge is 2.05. The molecule has 0 fully saturated rings. The van der Waals surface area contributed by atoms with E-state index in [-0.39, 0.29) is 5.38 Å². The van der Waals surface area contributed by atoms with Gasteiger partial charge in [-0.15, -0.1) is 11.6 Å². The van der Waals surface area contributed by atoms with E-state index in [0.29, 0.717) is 0 Å². The molecule has 1 heterocycles. The lowest BCUT2D eigenvalue weighted by Crippen LogP contribution is -2.04. The molecule has 1 unspecified atom stereocenters. The van der Waals surface area contributed by atoms with Gasteiger partial charge in [-0.2, -0.15) is 0 Å². The molecule has 0 aromatic carbocycles.